The highest BCUT2D eigenvalue weighted by molar-refractivity contribution is 7.15. The van der Waals surface area contributed by atoms with Crippen LogP contribution in [0.1, 0.15) is 118 Å². The minimum absolute atomic E-state index is 0.00759. The van der Waals surface area contributed by atoms with Gasteiger partial charge in [-0.2, -0.15) is 0 Å². The number of ether oxygens (including phenoxy) is 7. The molecule has 0 saturated carbocycles. The fourth-order valence-electron chi connectivity index (χ4n) is 11.6. The van der Waals surface area contributed by atoms with E-state index in [2.05, 4.69) is 86.8 Å². The SMILES string of the molecule is Cc1sc2c(c1C)C(c1ccc(Cl)cc1)=N[C@@H](CC(=O)Nc1ccc(OCCOCCOCCOCCOCCOCCOCCNC(=O)CCNC(=O)c3nc(NC(=O)CCNC(=O)c4cc(NC(=O)c5nc(NC(=O)CCNC(=O)c6cc(NC(=O)c7nccn7C)cn6C)cn5C)cn4C)cn3C)cc1)c1nnc(C)n1-2. The van der Waals surface area contributed by atoms with Gasteiger partial charge in [-0.05, 0) is 74.9 Å². The zero-order chi connectivity index (χ0) is 81.2. The molecule has 8 heterocycles. The van der Waals surface area contributed by atoms with Crippen molar-refractivity contribution >= 4 is 111 Å². The standard InChI is InChI=1S/C75H92ClN21O16S/c1-46-47(2)114-75-64(46)65(49-9-11-50(76)12-10-49)85-55(66-91-90-48(3)97(66)75)41-63(101)82-51-13-15-54(16-14-51)113-38-37-112-36-35-111-34-33-110-32-31-109-30-29-108-28-27-107-26-24-77-60(98)17-20-81-72(104)68-88-58(44-95(68)7)86-61(99)18-21-80-71(103)57-40-53(43-94(57)6)84-74(106)69-89-59(45-96(69)8)87-62(100)19-22-79-70(102)56-39-52(42-93(56)5)83-73(105)67-78-23-25-92(67)4/h9-16,23,25,39-40,42-45,55H,17-22,24,26-38,41H2,1-8H3,(H,77,98)(H,79,102)(H,80,103)(H,81,104)(H,82,101)(H,83,105)(H,84,106)(H,86,99)(H,87,100)/t55-/m0/s1. The molecule has 0 aliphatic carbocycles. The van der Waals surface area contributed by atoms with Crippen LogP contribution in [0.25, 0.3) is 5.00 Å². The number of anilines is 5. The van der Waals surface area contributed by atoms with E-state index in [1.807, 2.05) is 35.8 Å². The van der Waals surface area contributed by atoms with Crippen LogP contribution in [0.4, 0.5) is 28.7 Å². The second kappa shape index (κ2) is 41.7. The summed E-state index contributed by atoms with van der Waals surface area (Å²) in [6.45, 7) is 10.9. The van der Waals surface area contributed by atoms with Gasteiger partial charge in [-0.3, -0.25) is 52.7 Å². The molecule has 114 heavy (non-hydrogen) atoms. The average Bonchev–Trinajstić information content (AvgIpc) is 1.59. The molecule has 0 fully saturated rings. The van der Waals surface area contributed by atoms with Crippen molar-refractivity contribution in [2.75, 3.05) is 139 Å². The summed E-state index contributed by atoms with van der Waals surface area (Å²) in [6.07, 6.45) is 8.86. The fraction of sp³-hybridized carbons (Fsp3) is 0.400. The first-order valence-corrected chi connectivity index (χ1v) is 37.7. The van der Waals surface area contributed by atoms with Gasteiger partial charge in [-0.25, -0.2) is 15.0 Å². The van der Waals surface area contributed by atoms with Gasteiger partial charge in [0, 0.05) is 145 Å². The summed E-state index contributed by atoms with van der Waals surface area (Å²) < 4.78 is 48.7. The second-order valence-corrected chi connectivity index (χ2v) is 27.6. The molecule has 10 rings (SSSR count). The molecular formula is C75H92ClN21O16S. The van der Waals surface area contributed by atoms with Crippen molar-refractivity contribution in [1.82, 2.24) is 73.8 Å². The molecule has 7 aromatic heterocycles. The van der Waals surface area contributed by atoms with Gasteiger partial charge < -0.3 is 104 Å². The summed E-state index contributed by atoms with van der Waals surface area (Å²) in [7, 11) is 8.04. The summed E-state index contributed by atoms with van der Waals surface area (Å²) in [4.78, 5) is 135. The Labute approximate surface area is 664 Å². The largest absolute Gasteiger partial charge is 0.491 e. The summed E-state index contributed by atoms with van der Waals surface area (Å²) in [5, 5.41) is 34.8. The number of benzene rings is 2. The van der Waals surface area contributed by atoms with Gasteiger partial charge in [0.25, 0.3) is 29.5 Å². The van der Waals surface area contributed by atoms with E-state index in [9.17, 15) is 43.2 Å². The number of carbonyl (C=O) groups excluding carboxylic acids is 9. The van der Waals surface area contributed by atoms with Crippen molar-refractivity contribution in [2.45, 2.75) is 52.5 Å². The van der Waals surface area contributed by atoms with Crippen molar-refractivity contribution < 1.29 is 76.3 Å². The number of aryl methyl sites for hydroxylation is 7. The van der Waals surface area contributed by atoms with Gasteiger partial charge in [0.15, 0.2) is 23.3 Å². The van der Waals surface area contributed by atoms with Crippen LogP contribution < -0.4 is 52.6 Å². The molecule has 1 aliphatic rings. The molecule has 0 radical (unpaired) electrons. The average molecular weight is 1610 g/mol. The number of carbonyl (C=O) groups is 9. The van der Waals surface area contributed by atoms with Crippen LogP contribution in [0.3, 0.4) is 0 Å². The number of hydrogen-bond donors (Lipinski definition) is 9. The number of nitrogens with one attached hydrogen (secondary N) is 9. The minimum atomic E-state index is -0.640. The highest BCUT2D eigenvalue weighted by atomic mass is 35.5. The Hall–Kier alpha value is -11.8. The van der Waals surface area contributed by atoms with Gasteiger partial charge in [-0.1, -0.05) is 23.7 Å². The van der Waals surface area contributed by atoms with E-state index in [1.54, 1.807) is 87.8 Å². The second-order valence-electron chi connectivity index (χ2n) is 26.0. The summed E-state index contributed by atoms with van der Waals surface area (Å²) in [6, 6.07) is 17.0. The quantitative estimate of drug-likeness (QED) is 0.0223. The first-order chi connectivity index (χ1) is 55.0. The number of rotatable bonds is 44. The van der Waals surface area contributed by atoms with Gasteiger partial charge in [0.2, 0.25) is 35.3 Å². The highest BCUT2D eigenvalue weighted by Gasteiger charge is 2.33. The Bertz CT molecular complexity index is 4880. The van der Waals surface area contributed by atoms with E-state index >= 15 is 0 Å². The zero-order valence-corrected chi connectivity index (χ0v) is 65.9. The van der Waals surface area contributed by atoms with Gasteiger partial charge in [0.05, 0.1) is 103 Å². The van der Waals surface area contributed by atoms with Crippen LogP contribution in [0.2, 0.25) is 5.02 Å². The number of thiophene rings is 1. The fourth-order valence-corrected chi connectivity index (χ4v) is 13.0. The first kappa shape index (κ1) is 84.7. The topological polar surface area (TPSA) is 433 Å². The maximum atomic E-state index is 13.6. The number of amides is 9. The molecule has 37 nitrogen and oxygen atoms in total. The van der Waals surface area contributed by atoms with Crippen LogP contribution in [0, 0.1) is 20.8 Å². The summed E-state index contributed by atoms with van der Waals surface area (Å²) in [5.74, 6) is -1.93. The predicted octanol–water partition coefficient (Wildman–Crippen LogP) is 5.14. The maximum absolute atomic E-state index is 13.6. The van der Waals surface area contributed by atoms with Crippen molar-refractivity contribution in [3.8, 4) is 10.8 Å². The molecule has 0 unspecified atom stereocenters. The molecular weight excluding hydrogens is 1520 g/mol. The van der Waals surface area contributed by atoms with E-state index in [0.717, 1.165) is 32.3 Å². The molecule has 1 atom stereocenters. The number of hydrogen-bond acceptors (Lipinski definition) is 23. The zero-order valence-electron chi connectivity index (χ0n) is 64.3. The molecule has 606 valence electrons. The van der Waals surface area contributed by atoms with Crippen LogP contribution in [0.5, 0.6) is 5.75 Å². The van der Waals surface area contributed by atoms with Crippen LogP contribution >= 0.6 is 22.9 Å². The van der Waals surface area contributed by atoms with Crippen molar-refractivity contribution in [3.63, 3.8) is 0 Å². The van der Waals surface area contributed by atoms with Gasteiger partial charge in [-0.15, -0.1) is 21.5 Å². The normalized spacial score (nSPS) is 12.3. The van der Waals surface area contributed by atoms with E-state index in [0.29, 0.717) is 113 Å². The van der Waals surface area contributed by atoms with E-state index in [-0.39, 0.29) is 116 Å². The van der Waals surface area contributed by atoms with Crippen molar-refractivity contribution in [2.24, 2.45) is 40.2 Å². The smallest absolute Gasteiger partial charge is 0.291 e. The van der Waals surface area contributed by atoms with Gasteiger partial charge in [0.1, 0.15) is 40.6 Å². The molecule has 9 amide bonds. The Morgan fingerprint density at radius 2 is 0.965 bits per heavy atom. The molecule has 1 aliphatic heterocycles. The summed E-state index contributed by atoms with van der Waals surface area (Å²) in [5.41, 5.74) is 5.45. The molecule has 0 spiro atoms. The van der Waals surface area contributed by atoms with E-state index in [1.165, 1.54) is 55.2 Å². The third-order valence-electron chi connectivity index (χ3n) is 17.4. The van der Waals surface area contributed by atoms with Crippen molar-refractivity contribution in [3.05, 3.63) is 165 Å². The number of aromatic nitrogens is 11. The Morgan fingerprint density at radius 3 is 1.49 bits per heavy atom. The number of fused-ring (bicyclic) bond motifs is 3. The number of nitrogens with zero attached hydrogens (tertiary/aromatic N) is 12. The predicted molar refractivity (Wildman–Crippen MR) is 421 cm³/mol. The maximum Gasteiger partial charge on any atom is 0.291 e. The Kier molecular flexibility index (Phi) is 30.9. The molecule has 39 heteroatoms. The van der Waals surface area contributed by atoms with Crippen LogP contribution in [0.15, 0.2) is 103 Å². The van der Waals surface area contributed by atoms with Crippen LogP contribution in [-0.4, -0.2) is 223 Å². The number of halogens is 1. The molecule has 0 saturated heterocycles. The summed E-state index contributed by atoms with van der Waals surface area (Å²) >= 11 is 7.91. The highest BCUT2D eigenvalue weighted by Crippen LogP contribution is 2.40. The first-order valence-electron chi connectivity index (χ1n) is 36.5. The van der Waals surface area contributed by atoms with Crippen molar-refractivity contribution in [1.29, 1.82) is 0 Å². The lowest BCUT2D eigenvalue weighted by Crippen LogP contribution is -2.33. The molecule has 2 aromatic carbocycles. The molecule has 9 aromatic rings. The van der Waals surface area contributed by atoms with E-state index in [4.69, 9.17) is 49.8 Å². The third kappa shape index (κ3) is 24.1. The molecule has 9 N–H and O–H groups in total. The van der Waals surface area contributed by atoms with E-state index < -0.39 is 47.4 Å². The number of imidazole rings is 3. The third-order valence-corrected chi connectivity index (χ3v) is 18.9. The Morgan fingerprint density at radius 1 is 0.474 bits per heavy atom. The minimum Gasteiger partial charge on any atom is -0.491 e. The lowest BCUT2D eigenvalue weighted by Gasteiger charge is -2.13. The monoisotopic (exact) mass is 1610 g/mol. The van der Waals surface area contributed by atoms with Crippen LogP contribution in [-0.2, 0) is 82.8 Å². The Balaban J connectivity index is 0.488. The lowest BCUT2D eigenvalue weighted by molar-refractivity contribution is -0.121. The lowest BCUT2D eigenvalue weighted by atomic mass is 9.99. The van der Waals surface area contributed by atoms with Gasteiger partial charge >= 0.3 is 0 Å². The number of aliphatic imine (C=N–C) groups is 1. The molecule has 0 bridgehead atoms.